The van der Waals surface area contributed by atoms with E-state index in [9.17, 15) is 4.79 Å². The summed E-state index contributed by atoms with van der Waals surface area (Å²) in [7, 11) is 0. The fourth-order valence-corrected chi connectivity index (χ4v) is 2.29. The Hall–Kier alpha value is -2.15. The zero-order valence-electron chi connectivity index (χ0n) is 10.4. The van der Waals surface area contributed by atoms with Crippen LogP contribution in [-0.2, 0) is 0 Å². The standard InChI is InChI=1S/C13H11BrN4O2/c14-8-1-3-9(4-2-8)18-5-6-20-12-10(13(18)19)11(15)16-7-17-12/h1-4,7H,5-6H2,(H2,15,16,17). The van der Waals surface area contributed by atoms with Gasteiger partial charge in [-0.2, -0.15) is 0 Å². The highest BCUT2D eigenvalue weighted by Gasteiger charge is 2.28. The maximum Gasteiger partial charge on any atom is 0.267 e. The van der Waals surface area contributed by atoms with E-state index < -0.39 is 0 Å². The second-order valence-corrected chi connectivity index (χ2v) is 5.14. The molecule has 1 aliphatic heterocycles. The minimum Gasteiger partial charge on any atom is -0.475 e. The normalized spacial score (nSPS) is 14.4. The summed E-state index contributed by atoms with van der Waals surface area (Å²) in [5.74, 6) is 0.115. The van der Waals surface area contributed by atoms with Crippen LogP contribution in [0.3, 0.4) is 0 Å². The van der Waals surface area contributed by atoms with E-state index in [1.54, 1.807) is 4.90 Å². The van der Waals surface area contributed by atoms with Gasteiger partial charge in [0.1, 0.15) is 24.3 Å². The number of nitrogens with zero attached hydrogens (tertiary/aromatic N) is 3. The zero-order valence-corrected chi connectivity index (χ0v) is 12.0. The Morgan fingerprint density at radius 1 is 1.25 bits per heavy atom. The molecule has 2 heterocycles. The Balaban J connectivity index is 2.04. The Labute approximate surface area is 123 Å². The van der Waals surface area contributed by atoms with Crippen LogP contribution in [0.25, 0.3) is 0 Å². The van der Waals surface area contributed by atoms with Crippen molar-refractivity contribution in [2.45, 2.75) is 0 Å². The van der Waals surface area contributed by atoms with Gasteiger partial charge in [0.15, 0.2) is 0 Å². The van der Waals surface area contributed by atoms with Gasteiger partial charge in [-0.15, -0.1) is 0 Å². The Kier molecular flexibility index (Phi) is 3.27. The summed E-state index contributed by atoms with van der Waals surface area (Å²) in [5.41, 5.74) is 6.77. The van der Waals surface area contributed by atoms with Crippen LogP contribution in [0.4, 0.5) is 11.5 Å². The molecule has 0 radical (unpaired) electrons. The first-order chi connectivity index (χ1) is 9.66. The van der Waals surface area contributed by atoms with E-state index in [1.807, 2.05) is 24.3 Å². The number of benzene rings is 1. The van der Waals surface area contributed by atoms with Crippen molar-refractivity contribution in [1.82, 2.24) is 9.97 Å². The average molecular weight is 335 g/mol. The highest BCUT2D eigenvalue weighted by atomic mass is 79.9. The fourth-order valence-electron chi connectivity index (χ4n) is 2.03. The largest absolute Gasteiger partial charge is 0.475 e. The van der Waals surface area contributed by atoms with Crippen LogP contribution in [0.5, 0.6) is 5.88 Å². The van der Waals surface area contributed by atoms with Crippen LogP contribution < -0.4 is 15.4 Å². The molecule has 0 bridgehead atoms. The molecule has 20 heavy (non-hydrogen) atoms. The van der Waals surface area contributed by atoms with Gasteiger partial charge in [0.05, 0.1) is 6.54 Å². The lowest BCUT2D eigenvalue weighted by Crippen LogP contribution is -2.32. The van der Waals surface area contributed by atoms with Crippen LogP contribution in [0.15, 0.2) is 35.1 Å². The van der Waals surface area contributed by atoms with Crippen LogP contribution in [0.2, 0.25) is 0 Å². The van der Waals surface area contributed by atoms with E-state index >= 15 is 0 Å². The third-order valence-corrected chi connectivity index (χ3v) is 3.52. The smallest absolute Gasteiger partial charge is 0.267 e. The lowest BCUT2D eigenvalue weighted by Gasteiger charge is -2.20. The second-order valence-electron chi connectivity index (χ2n) is 4.22. The van der Waals surface area contributed by atoms with E-state index in [4.69, 9.17) is 10.5 Å². The van der Waals surface area contributed by atoms with Crippen molar-refractivity contribution in [3.63, 3.8) is 0 Å². The molecule has 3 rings (SSSR count). The molecule has 0 atom stereocenters. The Morgan fingerprint density at radius 3 is 2.75 bits per heavy atom. The minimum atomic E-state index is -0.252. The van der Waals surface area contributed by atoms with E-state index in [-0.39, 0.29) is 23.2 Å². The number of amides is 1. The van der Waals surface area contributed by atoms with Crippen LogP contribution in [-0.4, -0.2) is 29.0 Å². The van der Waals surface area contributed by atoms with Gasteiger partial charge in [-0.25, -0.2) is 9.97 Å². The molecular formula is C13H11BrN4O2. The van der Waals surface area contributed by atoms with Gasteiger partial charge in [0, 0.05) is 10.2 Å². The second kappa shape index (κ2) is 5.09. The molecule has 7 heteroatoms. The topological polar surface area (TPSA) is 81.3 Å². The molecular weight excluding hydrogens is 324 g/mol. The van der Waals surface area contributed by atoms with Crippen molar-refractivity contribution in [2.24, 2.45) is 0 Å². The SMILES string of the molecule is Nc1ncnc2c1C(=O)N(c1ccc(Br)cc1)CCO2. The number of carbonyl (C=O) groups is 1. The zero-order chi connectivity index (χ0) is 14.1. The molecule has 0 saturated heterocycles. The molecule has 1 aliphatic rings. The number of halogens is 1. The lowest BCUT2D eigenvalue weighted by atomic mass is 10.2. The number of ether oxygens (including phenoxy) is 1. The van der Waals surface area contributed by atoms with E-state index in [2.05, 4.69) is 25.9 Å². The maximum atomic E-state index is 12.6. The van der Waals surface area contributed by atoms with E-state index in [1.165, 1.54) is 6.33 Å². The first kappa shape index (κ1) is 12.9. The Bertz CT molecular complexity index is 660. The molecule has 1 aromatic carbocycles. The number of hydrogen-bond donors (Lipinski definition) is 1. The average Bonchev–Trinajstić information content (AvgIpc) is 2.60. The number of hydrogen-bond acceptors (Lipinski definition) is 5. The minimum absolute atomic E-state index is 0.129. The summed E-state index contributed by atoms with van der Waals surface area (Å²) in [6, 6.07) is 7.46. The lowest BCUT2D eigenvalue weighted by molar-refractivity contribution is 0.0990. The molecule has 0 unspecified atom stereocenters. The maximum absolute atomic E-state index is 12.6. The summed E-state index contributed by atoms with van der Waals surface area (Å²) in [6.07, 6.45) is 1.29. The monoisotopic (exact) mass is 334 g/mol. The first-order valence-corrected chi connectivity index (χ1v) is 6.77. The first-order valence-electron chi connectivity index (χ1n) is 5.97. The van der Waals surface area contributed by atoms with Crippen molar-refractivity contribution < 1.29 is 9.53 Å². The third-order valence-electron chi connectivity index (χ3n) is 2.99. The summed E-state index contributed by atoms with van der Waals surface area (Å²) < 4.78 is 6.42. The molecule has 0 fully saturated rings. The molecule has 0 saturated carbocycles. The van der Waals surface area contributed by atoms with Gasteiger partial charge < -0.3 is 15.4 Å². The van der Waals surface area contributed by atoms with Crippen LogP contribution in [0.1, 0.15) is 10.4 Å². The molecule has 0 aliphatic carbocycles. The summed E-state index contributed by atoms with van der Waals surface area (Å²) in [5, 5.41) is 0. The van der Waals surface area contributed by atoms with Gasteiger partial charge in [-0.05, 0) is 24.3 Å². The number of aromatic nitrogens is 2. The molecule has 0 spiro atoms. The summed E-state index contributed by atoms with van der Waals surface area (Å²) in [4.78, 5) is 22.0. The molecule has 2 N–H and O–H groups in total. The van der Waals surface area contributed by atoms with Crippen molar-refractivity contribution in [2.75, 3.05) is 23.8 Å². The molecule has 102 valence electrons. The quantitative estimate of drug-likeness (QED) is 0.860. The summed E-state index contributed by atoms with van der Waals surface area (Å²) in [6.45, 7) is 0.779. The van der Waals surface area contributed by atoms with Crippen molar-refractivity contribution in [1.29, 1.82) is 0 Å². The highest BCUT2D eigenvalue weighted by Crippen LogP contribution is 2.27. The number of carbonyl (C=O) groups excluding carboxylic acids is 1. The highest BCUT2D eigenvalue weighted by molar-refractivity contribution is 9.10. The van der Waals surface area contributed by atoms with Gasteiger partial charge in [-0.1, -0.05) is 15.9 Å². The molecule has 2 aromatic rings. The third kappa shape index (κ3) is 2.20. The number of anilines is 2. The van der Waals surface area contributed by atoms with Crippen LogP contribution >= 0.6 is 15.9 Å². The number of rotatable bonds is 1. The predicted octanol–water partition coefficient (Wildman–Crippen LogP) is 1.86. The molecule has 6 nitrogen and oxygen atoms in total. The van der Waals surface area contributed by atoms with Crippen LogP contribution in [0, 0.1) is 0 Å². The number of fused-ring (bicyclic) bond motifs is 1. The van der Waals surface area contributed by atoms with Crippen molar-refractivity contribution >= 4 is 33.3 Å². The fraction of sp³-hybridized carbons (Fsp3) is 0.154. The van der Waals surface area contributed by atoms with Gasteiger partial charge >= 0.3 is 0 Å². The molecule has 1 aromatic heterocycles. The van der Waals surface area contributed by atoms with Crippen molar-refractivity contribution in [3.05, 3.63) is 40.6 Å². The summed E-state index contributed by atoms with van der Waals surface area (Å²) >= 11 is 3.37. The van der Waals surface area contributed by atoms with E-state index in [0.717, 1.165) is 10.2 Å². The number of nitrogen functional groups attached to an aromatic ring is 1. The van der Waals surface area contributed by atoms with Crippen molar-refractivity contribution in [3.8, 4) is 5.88 Å². The van der Waals surface area contributed by atoms with Gasteiger partial charge in [-0.3, -0.25) is 4.79 Å². The van der Waals surface area contributed by atoms with Gasteiger partial charge in [0.25, 0.3) is 5.91 Å². The Morgan fingerprint density at radius 2 is 2.00 bits per heavy atom. The van der Waals surface area contributed by atoms with E-state index in [0.29, 0.717) is 13.2 Å². The molecule has 1 amide bonds. The predicted molar refractivity (Wildman–Crippen MR) is 77.8 cm³/mol. The number of nitrogens with two attached hydrogens (primary N) is 1. The van der Waals surface area contributed by atoms with Gasteiger partial charge in [0.2, 0.25) is 5.88 Å².